The number of nitrogens with two attached hydrogens (primary N) is 1. The van der Waals surface area contributed by atoms with Crippen LogP contribution < -0.4 is 16.3 Å². The lowest BCUT2D eigenvalue weighted by Gasteiger charge is -1.95. The number of benzene rings is 1. The van der Waals surface area contributed by atoms with E-state index >= 15 is 0 Å². The molecule has 0 unspecified atom stereocenters. The van der Waals surface area contributed by atoms with Crippen LogP contribution in [0.15, 0.2) is 18.2 Å². The van der Waals surface area contributed by atoms with Gasteiger partial charge in [0.25, 0.3) is 0 Å². The van der Waals surface area contributed by atoms with Gasteiger partial charge in [-0.3, -0.25) is 0 Å². The van der Waals surface area contributed by atoms with Crippen LogP contribution in [0, 0.1) is 5.82 Å². The summed E-state index contributed by atoms with van der Waals surface area (Å²) in [7, 11) is 0. The molecule has 0 aliphatic heterocycles. The zero-order chi connectivity index (χ0) is 10.6. The van der Waals surface area contributed by atoms with E-state index in [1.807, 2.05) is 0 Å². The molecular weight excluding hydrogens is 225 g/mol. The summed E-state index contributed by atoms with van der Waals surface area (Å²) in [5.41, 5.74) is 7.82. The molecule has 1 rings (SSSR count). The molecule has 0 amide bonds. The maximum absolute atomic E-state index is 13.1. The van der Waals surface area contributed by atoms with Crippen LogP contribution in [0.5, 0.6) is 0 Å². The molecule has 0 aliphatic carbocycles. The fraction of sp³-hybridized carbons (Fsp3) is 0. The van der Waals surface area contributed by atoms with Crippen molar-refractivity contribution in [3.8, 4) is 0 Å². The highest BCUT2D eigenvalue weighted by molar-refractivity contribution is 7.80. The number of rotatable bonds is 2. The van der Waals surface area contributed by atoms with Gasteiger partial charge in [0.15, 0.2) is 0 Å². The van der Waals surface area contributed by atoms with Crippen LogP contribution >= 0.6 is 23.8 Å². The molecule has 0 heterocycles. The van der Waals surface area contributed by atoms with Gasteiger partial charge in [0, 0.05) is 0 Å². The predicted octanol–water partition coefficient (Wildman–Crippen LogP) is -0.273. The van der Waals surface area contributed by atoms with Crippen LogP contribution in [0.25, 0.3) is 0 Å². The van der Waals surface area contributed by atoms with Crippen LogP contribution in [-0.2, 0) is 0 Å². The van der Waals surface area contributed by atoms with Crippen molar-refractivity contribution in [1.82, 2.24) is 5.43 Å². The monoisotopic (exact) mass is 232 g/mol. The van der Waals surface area contributed by atoms with E-state index in [2.05, 4.69) is 22.7 Å². The molecule has 0 saturated heterocycles. The van der Waals surface area contributed by atoms with E-state index < -0.39 is 5.82 Å². The Labute approximate surface area is 90.7 Å². The molecule has 74 valence electrons. The lowest BCUT2D eigenvalue weighted by molar-refractivity contribution is -0.499. The zero-order valence-corrected chi connectivity index (χ0v) is 8.62. The van der Waals surface area contributed by atoms with Gasteiger partial charge in [0.1, 0.15) is 5.82 Å². The molecule has 0 spiro atoms. The Morgan fingerprint density at radius 3 is 2.93 bits per heavy atom. The fourth-order valence-electron chi connectivity index (χ4n) is 0.828. The number of halogens is 2. The van der Waals surface area contributed by atoms with Gasteiger partial charge in [-0.05, 0) is 24.4 Å². The van der Waals surface area contributed by atoms with Gasteiger partial charge in [0.2, 0.25) is 11.3 Å². The van der Waals surface area contributed by atoms with Gasteiger partial charge in [-0.25, -0.2) is 4.39 Å². The Hall–Kier alpha value is -1.20. The smallest absolute Gasteiger partial charge is 0.221 e. The summed E-state index contributed by atoms with van der Waals surface area (Å²) in [5.74, 6) is -0.422. The van der Waals surface area contributed by atoms with E-state index in [0.717, 1.165) is 0 Å². The van der Waals surface area contributed by atoms with Crippen molar-refractivity contribution < 1.29 is 9.49 Å². The van der Waals surface area contributed by atoms with Gasteiger partial charge in [0.05, 0.1) is 10.6 Å². The predicted molar refractivity (Wildman–Crippen MR) is 57.5 cm³/mol. The molecule has 0 aromatic heterocycles. The quantitative estimate of drug-likeness (QED) is 0.374. The first-order valence-corrected chi connectivity index (χ1v) is 4.48. The van der Waals surface area contributed by atoms with Gasteiger partial charge >= 0.3 is 0 Å². The number of hydrogen-bond acceptors (Lipinski definition) is 1. The Bertz CT molecular complexity index is 361. The van der Waals surface area contributed by atoms with E-state index in [1.54, 1.807) is 6.07 Å². The second kappa shape index (κ2) is 4.88. The van der Waals surface area contributed by atoms with E-state index in [-0.39, 0.29) is 10.7 Å². The highest BCUT2D eigenvalue weighted by Gasteiger charge is 2.06. The first kappa shape index (κ1) is 10.9. The maximum atomic E-state index is 13.1. The summed E-state index contributed by atoms with van der Waals surface area (Å²) in [6, 6.07) is 4.41. The molecule has 0 radical (unpaired) electrons. The number of thiocarbonyl (C=S) groups is 1. The van der Waals surface area contributed by atoms with Crippen molar-refractivity contribution >= 4 is 35.1 Å². The number of hydrogen-bond donors (Lipinski definition) is 3. The van der Waals surface area contributed by atoms with Gasteiger partial charge in [-0.15, -0.1) is 10.5 Å². The number of nitrogens with one attached hydrogen (secondary N) is 2. The summed E-state index contributed by atoms with van der Waals surface area (Å²) in [5, 5.41) is 2.89. The first-order valence-electron chi connectivity index (χ1n) is 3.69. The molecule has 1 aromatic rings. The van der Waals surface area contributed by atoms with Crippen molar-refractivity contribution in [2.75, 3.05) is 0 Å². The fourth-order valence-corrected chi connectivity index (χ4v) is 1.10. The topological polar surface area (TPSA) is 52.0 Å². The molecule has 0 bridgehead atoms. The van der Waals surface area contributed by atoms with Crippen molar-refractivity contribution in [3.63, 3.8) is 0 Å². The average Bonchev–Trinajstić information content (AvgIpc) is 2.09. The second-order valence-electron chi connectivity index (χ2n) is 2.41. The minimum atomic E-state index is -0.422. The third-order valence-corrected chi connectivity index (χ3v) is 1.84. The van der Waals surface area contributed by atoms with Crippen molar-refractivity contribution in [3.05, 3.63) is 34.6 Å². The Morgan fingerprint density at radius 1 is 1.64 bits per heavy atom. The van der Waals surface area contributed by atoms with Crippen molar-refractivity contribution in [1.29, 1.82) is 0 Å². The van der Waals surface area contributed by atoms with Gasteiger partial charge in [-0.1, -0.05) is 17.7 Å². The lowest BCUT2D eigenvalue weighted by Crippen LogP contribution is -2.82. The largest absolute Gasteiger partial charge is 0.372 e. The summed E-state index contributed by atoms with van der Waals surface area (Å²) in [6.07, 6.45) is 1.34. The number of hydrazine groups is 1. The van der Waals surface area contributed by atoms with E-state index in [0.29, 0.717) is 5.02 Å². The first-order chi connectivity index (χ1) is 6.61. The molecule has 6 heteroatoms. The highest BCUT2D eigenvalue weighted by atomic mass is 35.5. The molecule has 4 N–H and O–H groups in total. The Morgan fingerprint density at radius 2 is 2.36 bits per heavy atom. The van der Waals surface area contributed by atoms with E-state index in [1.165, 1.54) is 18.3 Å². The summed E-state index contributed by atoms with van der Waals surface area (Å²) < 4.78 is 13.1. The zero-order valence-electron chi connectivity index (χ0n) is 7.05. The minimum absolute atomic E-state index is 0.0636. The summed E-state index contributed by atoms with van der Waals surface area (Å²) in [4.78, 5) is 0. The van der Waals surface area contributed by atoms with Crippen molar-refractivity contribution in [2.24, 2.45) is 5.73 Å². The molecular formula is C8H8ClFN3S+. The van der Waals surface area contributed by atoms with Crippen LogP contribution in [0.3, 0.4) is 0 Å². The third-order valence-electron chi connectivity index (χ3n) is 1.41. The Kier molecular flexibility index (Phi) is 3.79. The average molecular weight is 233 g/mol. The van der Waals surface area contributed by atoms with Crippen LogP contribution in [0.1, 0.15) is 5.56 Å². The molecule has 0 atom stereocenters. The van der Waals surface area contributed by atoms with Crippen LogP contribution in [0.2, 0.25) is 5.02 Å². The van der Waals surface area contributed by atoms with Gasteiger partial charge < -0.3 is 5.73 Å². The van der Waals surface area contributed by atoms with Crippen molar-refractivity contribution in [2.45, 2.75) is 0 Å². The highest BCUT2D eigenvalue weighted by Crippen LogP contribution is 2.15. The minimum Gasteiger partial charge on any atom is -0.372 e. The van der Waals surface area contributed by atoms with Crippen LogP contribution in [0.4, 0.5) is 4.39 Å². The maximum Gasteiger partial charge on any atom is 0.221 e. The molecule has 14 heavy (non-hydrogen) atoms. The van der Waals surface area contributed by atoms with Crippen LogP contribution in [-0.4, -0.2) is 11.3 Å². The summed E-state index contributed by atoms with van der Waals surface area (Å²) in [6.45, 7) is 0. The second-order valence-corrected chi connectivity index (χ2v) is 3.26. The molecule has 0 fully saturated rings. The lowest BCUT2D eigenvalue weighted by atomic mass is 10.2. The standard InChI is InChI=1S/C8H7ClFN3S/c9-6-2-1-3-7(10)5(6)4-12-13-8(11)14/h1-4H,(H3,11,13,14)/p+1. The van der Waals surface area contributed by atoms with E-state index in [4.69, 9.17) is 17.3 Å². The molecule has 3 nitrogen and oxygen atoms in total. The summed E-state index contributed by atoms with van der Waals surface area (Å²) >= 11 is 10.3. The Balaban J connectivity index is 2.85. The van der Waals surface area contributed by atoms with E-state index in [9.17, 15) is 4.39 Å². The molecule has 0 saturated carbocycles. The SMILES string of the molecule is NC(=S)N[NH+]=Cc1c(F)cccc1Cl. The normalized spacial score (nSPS) is 10.4. The third kappa shape index (κ3) is 2.93. The molecule has 1 aromatic carbocycles. The van der Waals surface area contributed by atoms with Gasteiger partial charge in [-0.2, -0.15) is 0 Å². The molecule has 0 aliphatic rings. The number of hydrazone groups is 1.